The molecule has 138 valence electrons. The lowest BCUT2D eigenvalue weighted by molar-refractivity contribution is -0.123. The number of methoxy groups -OCH3 is 1. The number of amides is 3. The Labute approximate surface area is 159 Å². The largest absolute Gasteiger partial charge is 0.497 e. The van der Waals surface area contributed by atoms with E-state index in [1.165, 1.54) is 12.3 Å². The summed E-state index contributed by atoms with van der Waals surface area (Å²) >= 11 is 1.10. The van der Waals surface area contributed by atoms with Gasteiger partial charge in [0, 0.05) is 12.3 Å². The van der Waals surface area contributed by atoms with Gasteiger partial charge in [0.2, 0.25) is 5.91 Å². The quantitative estimate of drug-likeness (QED) is 0.645. The number of hydrogen-bond donors (Lipinski definition) is 1. The number of ether oxygens (including phenoxy) is 1. The van der Waals surface area contributed by atoms with Crippen molar-refractivity contribution in [1.29, 1.82) is 0 Å². The number of nitrogens with zero attached hydrogens (tertiary/aromatic N) is 3. The molecule has 2 heterocycles. The summed E-state index contributed by atoms with van der Waals surface area (Å²) in [6.07, 6.45) is 1.66. The first kappa shape index (κ1) is 18.5. The van der Waals surface area contributed by atoms with Gasteiger partial charge >= 0.3 is 5.91 Å². The predicted molar refractivity (Wildman–Crippen MR) is 102 cm³/mol. The molecule has 9 heteroatoms. The highest BCUT2D eigenvalue weighted by Gasteiger charge is 2.34. The summed E-state index contributed by atoms with van der Waals surface area (Å²) < 4.78 is 5.11. The fourth-order valence-corrected chi connectivity index (χ4v) is 3.11. The summed E-state index contributed by atoms with van der Waals surface area (Å²) in [4.78, 5) is 40.3. The Hall–Kier alpha value is -3.33. The second kappa shape index (κ2) is 7.50. The molecule has 1 aromatic carbocycles. The van der Waals surface area contributed by atoms with E-state index in [1.54, 1.807) is 44.4 Å². The van der Waals surface area contributed by atoms with Crippen molar-refractivity contribution in [2.24, 2.45) is 5.10 Å². The van der Waals surface area contributed by atoms with E-state index < -0.39 is 11.8 Å². The van der Waals surface area contributed by atoms with Crippen LogP contribution in [0.2, 0.25) is 0 Å². The number of nitrogens with one attached hydrogen (secondary N) is 1. The topological polar surface area (TPSA) is 101 Å². The van der Waals surface area contributed by atoms with Crippen LogP contribution < -0.4 is 10.1 Å². The van der Waals surface area contributed by atoms with Gasteiger partial charge in [0.1, 0.15) is 11.4 Å². The van der Waals surface area contributed by atoms with Crippen molar-refractivity contribution < 1.29 is 19.1 Å². The van der Waals surface area contributed by atoms with E-state index in [0.717, 1.165) is 21.9 Å². The normalized spacial score (nSPS) is 15.1. The number of rotatable bonds is 4. The van der Waals surface area contributed by atoms with Gasteiger partial charge in [-0.15, -0.1) is 11.3 Å². The fraction of sp³-hybridized carbons (Fsp3) is 0.167. The molecule has 0 saturated heterocycles. The number of carbonyl (C=O) groups is 3. The van der Waals surface area contributed by atoms with Crippen LogP contribution in [0.1, 0.15) is 29.9 Å². The summed E-state index contributed by atoms with van der Waals surface area (Å²) in [5.41, 5.74) is 1.58. The molecule has 0 radical (unpaired) electrons. The van der Waals surface area contributed by atoms with Crippen molar-refractivity contribution in [2.75, 3.05) is 12.4 Å². The summed E-state index contributed by atoms with van der Waals surface area (Å²) in [5.74, 6) is -0.762. The Morgan fingerprint density at radius 3 is 2.59 bits per heavy atom. The number of hydrazone groups is 1. The number of aromatic nitrogens is 1. The first-order valence-electron chi connectivity index (χ1n) is 7.92. The van der Waals surface area contributed by atoms with Gasteiger partial charge in [-0.3, -0.25) is 14.4 Å². The minimum Gasteiger partial charge on any atom is -0.497 e. The average Bonchev–Trinajstić information content (AvgIpc) is 3.21. The zero-order valence-electron chi connectivity index (χ0n) is 14.8. The summed E-state index contributed by atoms with van der Waals surface area (Å²) in [5, 5.41) is 9.10. The molecule has 0 saturated carbocycles. The Kier molecular flexibility index (Phi) is 5.13. The van der Waals surface area contributed by atoms with Crippen LogP contribution in [-0.2, 0) is 9.59 Å². The molecule has 27 heavy (non-hydrogen) atoms. The van der Waals surface area contributed by atoms with Crippen molar-refractivity contribution >= 4 is 46.0 Å². The minimum atomic E-state index is -0.648. The second-order valence-electron chi connectivity index (χ2n) is 5.66. The lowest BCUT2D eigenvalue weighted by Gasteiger charge is -2.07. The van der Waals surface area contributed by atoms with Crippen LogP contribution in [0.25, 0.3) is 6.08 Å². The molecule has 0 fully saturated rings. The predicted octanol–water partition coefficient (Wildman–Crippen LogP) is 2.55. The number of imide groups is 1. The second-order valence-corrected chi connectivity index (χ2v) is 6.52. The summed E-state index contributed by atoms with van der Waals surface area (Å²) in [7, 11) is 1.57. The lowest BCUT2D eigenvalue weighted by atomic mass is 10.1. The zero-order chi connectivity index (χ0) is 19.6. The maximum absolute atomic E-state index is 12.6. The Morgan fingerprint density at radius 2 is 1.96 bits per heavy atom. The van der Waals surface area contributed by atoms with Crippen LogP contribution in [0.3, 0.4) is 0 Å². The first-order chi connectivity index (χ1) is 12.9. The molecule has 1 aromatic heterocycles. The van der Waals surface area contributed by atoms with Gasteiger partial charge in [-0.2, -0.15) is 10.1 Å². The number of carbonyl (C=O) groups excluding carboxylic acids is 3. The third-order valence-corrected chi connectivity index (χ3v) is 4.45. The van der Waals surface area contributed by atoms with E-state index in [1.807, 2.05) is 0 Å². The van der Waals surface area contributed by atoms with Crippen LogP contribution in [-0.4, -0.2) is 40.5 Å². The molecular formula is C18H16N4O4S. The monoisotopic (exact) mass is 384 g/mol. The van der Waals surface area contributed by atoms with Gasteiger partial charge in [-0.05, 0) is 30.7 Å². The molecule has 8 nitrogen and oxygen atoms in total. The van der Waals surface area contributed by atoms with Gasteiger partial charge in [-0.25, -0.2) is 4.98 Å². The summed E-state index contributed by atoms with van der Waals surface area (Å²) in [6, 6.07) is 7.16. The van der Waals surface area contributed by atoms with E-state index in [-0.39, 0.29) is 16.7 Å². The molecule has 1 aliphatic heterocycles. The van der Waals surface area contributed by atoms with Crippen molar-refractivity contribution in [3.8, 4) is 5.75 Å². The summed E-state index contributed by atoms with van der Waals surface area (Å²) in [6.45, 7) is 3.00. The average molecular weight is 384 g/mol. The molecule has 0 bridgehead atoms. The van der Waals surface area contributed by atoms with Gasteiger partial charge < -0.3 is 10.1 Å². The van der Waals surface area contributed by atoms with Crippen molar-refractivity contribution in [2.45, 2.75) is 13.8 Å². The van der Waals surface area contributed by atoms with Gasteiger partial charge in [-0.1, -0.05) is 12.1 Å². The smallest absolute Gasteiger partial charge is 0.301 e. The zero-order valence-corrected chi connectivity index (χ0v) is 15.7. The van der Waals surface area contributed by atoms with Crippen LogP contribution >= 0.6 is 11.3 Å². The molecular weight excluding hydrogens is 368 g/mol. The molecule has 0 aliphatic carbocycles. The molecule has 3 amide bonds. The highest BCUT2D eigenvalue weighted by Crippen LogP contribution is 2.23. The maximum Gasteiger partial charge on any atom is 0.301 e. The molecule has 0 atom stereocenters. The minimum absolute atomic E-state index is 0.0411. The SMILES string of the molecule is COc1ccc(/C=C2\C(=O)N(C(=O)c3csc(NC(C)=O)n3)N=C2C)cc1. The molecule has 1 N–H and O–H groups in total. The van der Waals surface area contributed by atoms with Gasteiger partial charge in [0.05, 0.1) is 18.4 Å². The highest BCUT2D eigenvalue weighted by molar-refractivity contribution is 7.14. The van der Waals surface area contributed by atoms with Crippen molar-refractivity contribution in [1.82, 2.24) is 9.99 Å². The standard InChI is InChI=1S/C18H16N4O4S/c1-10-14(8-12-4-6-13(26-3)7-5-12)16(24)22(21-10)17(25)15-9-27-18(20-15)19-11(2)23/h4-9H,1-3H3,(H,19,20,23)/b14-8-. The third-order valence-electron chi connectivity index (χ3n) is 3.69. The van der Waals surface area contributed by atoms with E-state index in [2.05, 4.69) is 15.4 Å². The van der Waals surface area contributed by atoms with Crippen molar-refractivity contribution in [3.63, 3.8) is 0 Å². The molecule has 0 unspecified atom stereocenters. The van der Waals surface area contributed by atoms with Gasteiger partial charge in [0.25, 0.3) is 5.91 Å². The van der Waals surface area contributed by atoms with E-state index >= 15 is 0 Å². The van der Waals surface area contributed by atoms with Gasteiger partial charge in [0.15, 0.2) is 5.13 Å². The molecule has 2 aromatic rings. The number of hydrogen-bond acceptors (Lipinski definition) is 7. The number of thiazole rings is 1. The van der Waals surface area contributed by atoms with Crippen molar-refractivity contribution in [3.05, 3.63) is 46.5 Å². The molecule has 0 spiro atoms. The Balaban J connectivity index is 1.81. The fourth-order valence-electron chi connectivity index (χ4n) is 2.38. The maximum atomic E-state index is 12.6. The van der Waals surface area contributed by atoms with E-state index in [0.29, 0.717) is 17.0 Å². The lowest BCUT2D eigenvalue weighted by Crippen LogP contribution is -2.29. The number of anilines is 1. The third kappa shape index (κ3) is 3.93. The van der Waals surface area contributed by atoms with Crippen LogP contribution in [0.5, 0.6) is 5.75 Å². The van der Waals surface area contributed by atoms with E-state index in [9.17, 15) is 14.4 Å². The van der Waals surface area contributed by atoms with Crippen LogP contribution in [0, 0.1) is 0 Å². The Morgan fingerprint density at radius 1 is 1.26 bits per heavy atom. The first-order valence-corrected chi connectivity index (χ1v) is 8.80. The molecule has 3 rings (SSSR count). The molecule has 1 aliphatic rings. The Bertz CT molecular complexity index is 976. The van der Waals surface area contributed by atoms with Crippen LogP contribution in [0.15, 0.2) is 40.3 Å². The van der Waals surface area contributed by atoms with E-state index in [4.69, 9.17) is 4.74 Å². The number of benzene rings is 1. The van der Waals surface area contributed by atoms with Crippen LogP contribution in [0.4, 0.5) is 5.13 Å². The highest BCUT2D eigenvalue weighted by atomic mass is 32.1.